The lowest BCUT2D eigenvalue weighted by Crippen LogP contribution is -2.41. The third-order valence-electron chi connectivity index (χ3n) is 3.84. The number of aliphatic hydroxyl groups excluding tert-OH is 1. The van der Waals surface area contributed by atoms with E-state index in [0.717, 1.165) is 49.6 Å². The van der Waals surface area contributed by atoms with Crippen LogP contribution in [0.3, 0.4) is 0 Å². The highest BCUT2D eigenvalue weighted by atomic mass is 16.3. The molecule has 1 atom stereocenters. The molecule has 2 rings (SSSR count). The molecule has 0 bridgehead atoms. The van der Waals surface area contributed by atoms with E-state index in [9.17, 15) is 5.11 Å². The Morgan fingerprint density at radius 3 is 2.63 bits per heavy atom. The number of hydrogen-bond acceptors (Lipinski definition) is 5. The van der Waals surface area contributed by atoms with E-state index < -0.39 is 0 Å². The van der Waals surface area contributed by atoms with E-state index >= 15 is 0 Å². The largest absolute Gasteiger partial charge is 0.396 e. The maximum absolute atomic E-state index is 9.18. The van der Waals surface area contributed by atoms with Crippen LogP contribution in [0, 0.1) is 0 Å². The minimum Gasteiger partial charge on any atom is -0.396 e. The number of aryl methyl sites for hydroxylation is 2. The topological polar surface area (TPSA) is 62.1 Å². The van der Waals surface area contributed by atoms with Crippen molar-refractivity contribution < 1.29 is 5.11 Å². The summed E-state index contributed by atoms with van der Waals surface area (Å²) in [5.41, 5.74) is 2.06. The summed E-state index contributed by atoms with van der Waals surface area (Å²) in [6.07, 6.45) is 6.07. The number of rotatable bonds is 5. The van der Waals surface area contributed by atoms with Crippen LogP contribution in [0.2, 0.25) is 0 Å². The SMILES string of the molecule is CCc1nnc(N2CCCCC2CCO)nc1CC. The van der Waals surface area contributed by atoms with Crippen LogP contribution >= 0.6 is 0 Å². The fourth-order valence-corrected chi connectivity index (χ4v) is 2.76. The molecule has 0 aromatic carbocycles. The average molecular weight is 264 g/mol. The number of aliphatic hydroxyl groups is 1. The fourth-order valence-electron chi connectivity index (χ4n) is 2.76. The Morgan fingerprint density at radius 2 is 1.95 bits per heavy atom. The van der Waals surface area contributed by atoms with Gasteiger partial charge >= 0.3 is 0 Å². The molecule has 1 saturated heterocycles. The van der Waals surface area contributed by atoms with Gasteiger partial charge in [0.2, 0.25) is 5.95 Å². The molecule has 19 heavy (non-hydrogen) atoms. The standard InChI is InChI=1S/C14H24N4O/c1-3-12-13(4-2)16-17-14(15-12)18-9-6-5-7-11(18)8-10-19/h11,19H,3-10H2,1-2H3. The molecule has 1 unspecified atom stereocenters. The summed E-state index contributed by atoms with van der Waals surface area (Å²) in [6, 6.07) is 0.359. The molecular formula is C14H24N4O. The molecule has 0 radical (unpaired) electrons. The van der Waals surface area contributed by atoms with Gasteiger partial charge in [0.25, 0.3) is 0 Å². The van der Waals surface area contributed by atoms with E-state index in [4.69, 9.17) is 0 Å². The molecule has 1 aromatic heterocycles. The first-order chi connectivity index (χ1) is 9.30. The lowest BCUT2D eigenvalue weighted by atomic mass is 10.0. The first-order valence-electron chi connectivity index (χ1n) is 7.40. The van der Waals surface area contributed by atoms with Gasteiger partial charge in [-0.05, 0) is 38.5 Å². The molecule has 5 nitrogen and oxygen atoms in total. The predicted molar refractivity (Wildman–Crippen MR) is 75.3 cm³/mol. The van der Waals surface area contributed by atoms with Gasteiger partial charge in [0.15, 0.2) is 0 Å². The Labute approximate surface area is 115 Å². The van der Waals surface area contributed by atoms with Crippen molar-refractivity contribution in [2.24, 2.45) is 0 Å². The van der Waals surface area contributed by atoms with Crippen LogP contribution in [-0.4, -0.2) is 39.5 Å². The van der Waals surface area contributed by atoms with Gasteiger partial charge in [-0.15, -0.1) is 5.10 Å². The van der Waals surface area contributed by atoms with Crippen LogP contribution in [0.1, 0.15) is 50.9 Å². The van der Waals surface area contributed by atoms with Gasteiger partial charge in [-0.25, -0.2) is 4.98 Å². The summed E-state index contributed by atoms with van der Waals surface area (Å²) in [5.74, 6) is 0.743. The van der Waals surface area contributed by atoms with Crippen molar-refractivity contribution in [2.75, 3.05) is 18.1 Å². The molecule has 1 aliphatic rings. The normalized spacial score (nSPS) is 19.7. The smallest absolute Gasteiger partial charge is 0.245 e. The number of anilines is 1. The summed E-state index contributed by atoms with van der Waals surface area (Å²) >= 11 is 0. The van der Waals surface area contributed by atoms with Gasteiger partial charge in [0.05, 0.1) is 11.4 Å². The molecule has 106 valence electrons. The second-order valence-electron chi connectivity index (χ2n) is 5.07. The van der Waals surface area contributed by atoms with Gasteiger partial charge in [-0.2, -0.15) is 5.10 Å². The molecule has 0 spiro atoms. The molecule has 5 heteroatoms. The monoisotopic (exact) mass is 264 g/mol. The van der Waals surface area contributed by atoms with Crippen molar-refractivity contribution in [3.8, 4) is 0 Å². The quantitative estimate of drug-likeness (QED) is 0.877. The lowest BCUT2D eigenvalue weighted by molar-refractivity contribution is 0.261. The van der Waals surface area contributed by atoms with E-state index in [1.54, 1.807) is 0 Å². The first-order valence-corrected chi connectivity index (χ1v) is 7.40. The van der Waals surface area contributed by atoms with E-state index in [1.165, 1.54) is 12.8 Å². The maximum atomic E-state index is 9.18. The van der Waals surface area contributed by atoms with Crippen LogP contribution in [-0.2, 0) is 12.8 Å². The van der Waals surface area contributed by atoms with E-state index in [2.05, 4.69) is 33.9 Å². The average Bonchev–Trinajstić information content (AvgIpc) is 2.47. The van der Waals surface area contributed by atoms with Crippen molar-refractivity contribution in [3.05, 3.63) is 11.4 Å². The molecule has 1 aromatic rings. The number of piperidine rings is 1. The van der Waals surface area contributed by atoms with Crippen molar-refractivity contribution in [1.29, 1.82) is 0 Å². The zero-order chi connectivity index (χ0) is 13.7. The van der Waals surface area contributed by atoms with Gasteiger partial charge in [0, 0.05) is 19.2 Å². The molecule has 1 fully saturated rings. The van der Waals surface area contributed by atoms with Crippen molar-refractivity contribution in [2.45, 2.75) is 58.4 Å². The van der Waals surface area contributed by atoms with Crippen LogP contribution in [0.15, 0.2) is 0 Å². The lowest BCUT2D eigenvalue weighted by Gasteiger charge is -2.35. The Balaban J connectivity index is 2.23. The Hall–Kier alpha value is -1.23. The van der Waals surface area contributed by atoms with E-state index in [1.807, 2.05) is 0 Å². The Bertz CT molecular complexity index is 408. The highest BCUT2D eigenvalue weighted by Gasteiger charge is 2.25. The highest BCUT2D eigenvalue weighted by molar-refractivity contribution is 5.33. The number of hydrogen-bond donors (Lipinski definition) is 1. The second-order valence-corrected chi connectivity index (χ2v) is 5.07. The van der Waals surface area contributed by atoms with Crippen LogP contribution in [0.25, 0.3) is 0 Å². The number of aromatic nitrogens is 3. The molecule has 0 amide bonds. The summed E-state index contributed by atoms with van der Waals surface area (Å²) in [4.78, 5) is 6.92. The molecule has 1 aliphatic heterocycles. The summed E-state index contributed by atoms with van der Waals surface area (Å²) in [7, 11) is 0. The zero-order valence-electron chi connectivity index (χ0n) is 12.0. The van der Waals surface area contributed by atoms with Crippen molar-refractivity contribution in [3.63, 3.8) is 0 Å². The predicted octanol–water partition coefficient (Wildman–Crippen LogP) is 1.74. The molecular weight excluding hydrogens is 240 g/mol. The third kappa shape index (κ3) is 3.21. The maximum Gasteiger partial charge on any atom is 0.245 e. The van der Waals surface area contributed by atoms with Crippen molar-refractivity contribution in [1.82, 2.24) is 15.2 Å². The third-order valence-corrected chi connectivity index (χ3v) is 3.84. The fraction of sp³-hybridized carbons (Fsp3) is 0.786. The molecule has 1 N–H and O–H groups in total. The molecule has 0 saturated carbocycles. The molecule has 0 aliphatic carbocycles. The van der Waals surface area contributed by atoms with Gasteiger partial charge in [-0.3, -0.25) is 0 Å². The van der Waals surface area contributed by atoms with E-state index in [0.29, 0.717) is 6.04 Å². The van der Waals surface area contributed by atoms with Crippen LogP contribution in [0.4, 0.5) is 5.95 Å². The Morgan fingerprint density at radius 1 is 1.16 bits per heavy atom. The van der Waals surface area contributed by atoms with Crippen LogP contribution in [0.5, 0.6) is 0 Å². The minimum absolute atomic E-state index is 0.224. The minimum atomic E-state index is 0.224. The Kier molecular flexibility index (Phi) is 5.07. The molecule has 2 heterocycles. The van der Waals surface area contributed by atoms with E-state index in [-0.39, 0.29) is 6.61 Å². The van der Waals surface area contributed by atoms with Crippen LogP contribution < -0.4 is 4.90 Å². The van der Waals surface area contributed by atoms with Gasteiger partial charge < -0.3 is 10.0 Å². The number of nitrogens with zero attached hydrogens (tertiary/aromatic N) is 4. The zero-order valence-corrected chi connectivity index (χ0v) is 12.0. The van der Waals surface area contributed by atoms with Gasteiger partial charge in [0.1, 0.15) is 0 Å². The highest BCUT2D eigenvalue weighted by Crippen LogP contribution is 2.23. The second kappa shape index (κ2) is 6.80. The first kappa shape index (κ1) is 14.2. The summed E-state index contributed by atoms with van der Waals surface area (Å²) < 4.78 is 0. The summed E-state index contributed by atoms with van der Waals surface area (Å²) in [6.45, 7) is 5.39. The summed E-state index contributed by atoms with van der Waals surface area (Å²) in [5, 5.41) is 17.8. The van der Waals surface area contributed by atoms with Crippen molar-refractivity contribution >= 4 is 5.95 Å². The van der Waals surface area contributed by atoms with Gasteiger partial charge in [-0.1, -0.05) is 13.8 Å².